The lowest BCUT2D eigenvalue weighted by molar-refractivity contribution is -0.119. The van der Waals surface area contributed by atoms with Gasteiger partial charge in [-0.05, 0) is 23.3 Å². The van der Waals surface area contributed by atoms with Crippen LogP contribution < -0.4 is 4.72 Å². The van der Waals surface area contributed by atoms with Gasteiger partial charge in [-0.15, -0.1) is 0 Å². The molecule has 0 saturated carbocycles. The maximum atomic E-state index is 12.1. The molecule has 0 aliphatic carbocycles. The highest BCUT2D eigenvalue weighted by Gasteiger charge is 2.16. The van der Waals surface area contributed by atoms with Crippen molar-refractivity contribution in [2.75, 3.05) is 0 Å². The van der Waals surface area contributed by atoms with E-state index in [1.54, 1.807) is 19.1 Å². The van der Waals surface area contributed by atoms with Crippen LogP contribution in [0.1, 0.15) is 13.3 Å². The van der Waals surface area contributed by atoms with E-state index in [9.17, 15) is 13.2 Å². The van der Waals surface area contributed by atoms with Crippen LogP contribution in [0.3, 0.4) is 0 Å². The van der Waals surface area contributed by atoms with Crippen LogP contribution in [0.4, 0.5) is 0 Å². The predicted octanol–water partition coefficient (Wildman–Crippen LogP) is 2.57. The Morgan fingerprint density at radius 2 is 1.65 bits per heavy atom. The second-order valence-electron chi connectivity index (χ2n) is 4.28. The van der Waals surface area contributed by atoms with E-state index in [-0.39, 0.29) is 11.3 Å². The van der Waals surface area contributed by atoms with E-state index in [0.717, 1.165) is 11.1 Å². The molecule has 0 spiro atoms. The molecule has 4 nitrogen and oxygen atoms in total. The van der Waals surface area contributed by atoms with Crippen molar-refractivity contribution >= 4 is 15.9 Å². The minimum Gasteiger partial charge on any atom is -0.274 e. The van der Waals surface area contributed by atoms with Crippen LogP contribution in [0.2, 0.25) is 0 Å². The maximum absolute atomic E-state index is 12.1. The number of benzene rings is 2. The minimum absolute atomic E-state index is 0.0839. The first-order valence-electron chi connectivity index (χ1n) is 6.24. The zero-order chi connectivity index (χ0) is 14.6. The Morgan fingerprint density at radius 3 is 2.30 bits per heavy atom. The van der Waals surface area contributed by atoms with Gasteiger partial charge >= 0.3 is 0 Å². The molecule has 2 aromatic rings. The third-order valence-corrected chi connectivity index (χ3v) is 4.19. The number of amides is 1. The lowest BCUT2D eigenvalue weighted by Gasteiger charge is -2.08. The Balaban J connectivity index is 2.38. The first-order valence-corrected chi connectivity index (χ1v) is 7.72. The first kappa shape index (κ1) is 14.3. The smallest absolute Gasteiger partial charge is 0.264 e. The second kappa shape index (κ2) is 5.88. The van der Waals surface area contributed by atoms with Crippen molar-refractivity contribution < 1.29 is 13.2 Å². The highest BCUT2D eigenvalue weighted by molar-refractivity contribution is 7.90. The fourth-order valence-corrected chi connectivity index (χ4v) is 2.86. The Hall–Kier alpha value is -2.14. The van der Waals surface area contributed by atoms with Crippen LogP contribution >= 0.6 is 0 Å². The highest BCUT2D eigenvalue weighted by Crippen LogP contribution is 2.22. The largest absolute Gasteiger partial charge is 0.274 e. The van der Waals surface area contributed by atoms with E-state index in [4.69, 9.17) is 0 Å². The normalized spacial score (nSPS) is 11.1. The minimum atomic E-state index is -3.80. The van der Waals surface area contributed by atoms with E-state index in [1.165, 1.54) is 6.07 Å². The number of nitrogens with one attached hydrogen (secondary N) is 1. The molecule has 0 radical (unpaired) electrons. The number of hydrogen-bond acceptors (Lipinski definition) is 3. The summed E-state index contributed by atoms with van der Waals surface area (Å²) in [5, 5.41) is 0. The molecule has 0 fully saturated rings. The Morgan fingerprint density at radius 1 is 1.00 bits per heavy atom. The Bertz CT molecular complexity index is 709. The van der Waals surface area contributed by atoms with Crippen molar-refractivity contribution in [3.05, 3.63) is 54.6 Å². The fraction of sp³-hybridized carbons (Fsp3) is 0.133. The molecule has 0 aromatic heterocycles. The van der Waals surface area contributed by atoms with Gasteiger partial charge < -0.3 is 0 Å². The van der Waals surface area contributed by atoms with Crippen molar-refractivity contribution in [1.82, 2.24) is 4.72 Å². The van der Waals surface area contributed by atoms with Gasteiger partial charge in [0.05, 0.1) is 4.90 Å². The summed E-state index contributed by atoms with van der Waals surface area (Å²) >= 11 is 0. The fourth-order valence-electron chi connectivity index (χ4n) is 1.75. The molecule has 1 N–H and O–H groups in total. The number of carbonyl (C=O) groups is 1. The molecule has 0 unspecified atom stereocenters. The van der Waals surface area contributed by atoms with E-state index < -0.39 is 15.9 Å². The second-order valence-corrected chi connectivity index (χ2v) is 5.96. The van der Waals surface area contributed by atoms with Crippen molar-refractivity contribution in [3.8, 4) is 11.1 Å². The average molecular weight is 289 g/mol. The van der Waals surface area contributed by atoms with Gasteiger partial charge in [0.1, 0.15) is 0 Å². The topological polar surface area (TPSA) is 63.2 Å². The van der Waals surface area contributed by atoms with Crippen LogP contribution in [0, 0.1) is 0 Å². The summed E-state index contributed by atoms with van der Waals surface area (Å²) in [6, 6.07) is 16.0. The van der Waals surface area contributed by atoms with Gasteiger partial charge in [-0.3, -0.25) is 4.79 Å². The molecule has 0 bridgehead atoms. The summed E-state index contributed by atoms with van der Waals surface area (Å²) in [5.74, 6) is -0.518. The van der Waals surface area contributed by atoms with Gasteiger partial charge in [0.15, 0.2) is 0 Å². The van der Waals surface area contributed by atoms with Crippen LogP contribution in [0.15, 0.2) is 59.5 Å². The molecular formula is C15H15NO3S. The Labute approximate surface area is 118 Å². The van der Waals surface area contributed by atoms with Gasteiger partial charge in [-0.1, -0.05) is 49.4 Å². The third kappa shape index (κ3) is 3.24. The highest BCUT2D eigenvalue weighted by atomic mass is 32.2. The lowest BCUT2D eigenvalue weighted by atomic mass is 10.1. The van der Waals surface area contributed by atoms with Gasteiger partial charge in [-0.2, -0.15) is 0 Å². The number of hydrogen-bond donors (Lipinski definition) is 1. The van der Waals surface area contributed by atoms with Crippen molar-refractivity contribution in [1.29, 1.82) is 0 Å². The van der Waals surface area contributed by atoms with Crippen LogP contribution in [0.25, 0.3) is 11.1 Å². The molecule has 2 rings (SSSR count). The molecule has 0 atom stereocenters. The zero-order valence-electron chi connectivity index (χ0n) is 11.0. The summed E-state index contributed by atoms with van der Waals surface area (Å²) in [6.07, 6.45) is 0.123. The first-order chi connectivity index (χ1) is 9.53. The summed E-state index contributed by atoms with van der Waals surface area (Å²) in [5.41, 5.74) is 1.71. The zero-order valence-corrected chi connectivity index (χ0v) is 11.9. The molecule has 0 aliphatic rings. The summed E-state index contributed by atoms with van der Waals surface area (Å²) in [6.45, 7) is 1.60. The Kier molecular flexibility index (Phi) is 4.20. The van der Waals surface area contributed by atoms with Gasteiger partial charge in [-0.25, -0.2) is 13.1 Å². The molecule has 0 heterocycles. The molecule has 2 aromatic carbocycles. The molecule has 0 aliphatic heterocycles. The quantitative estimate of drug-likeness (QED) is 0.941. The van der Waals surface area contributed by atoms with Crippen molar-refractivity contribution in [2.24, 2.45) is 0 Å². The average Bonchev–Trinajstić information content (AvgIpc) is 2.48. The van der Waals surface area contributed by atoms with Gasteiger partial charge in [0, 0.05) is 6.42 Å². The molecule has 1 amide bonds. The molecule has 0 saturated heterocycles. The van der Waals surface area contributed by atoms with Crippen LogP contribution in [-0.2, 0) is 14.8 Å². The molecule has 5 heteroatoms. The molecule has 104 valence electrons. The van der Waals surface area contributed by atoms with Gasteiger partial charge in [0.25, 0.3) is 10.0 Å². The monoisotopic (exact) mass is 289 g/mol. The van der Waals surface area contributed by atoms with E-state index in [0.29, 0.717) is 0 Å². The van der Waals surface area contributed by atoms with Gasteiger partial charge in [0.2, 0.25) is 5.91 Å². The molecular weight excluding hydrogens is 274 g/mol. The summed E-state index contributed by atoms with van der Waals surface area (Å²) in [7, 11) is -3.80. The van der Waals surface area contributed by atoms with E-state index >= 15 is 0 Å². The van der Waals surface area contributed by atoms with E-state index in [2.05, 4.69) is 0 Å². The van der Waals surface area contributed by atoms with Crippen molar-refractivity contribution in [3.63, 3.8) is 0 Å². The standard InChI is InChI=1S/C15H15NO3S/c1-2-15(17)16-20(18,19)14-10-6-9-13(11-14)12-7-4-3-5-8-12/h3-11H,2H2,1H3,(H,16,17). The molecule has 20 heavy (non-hydrogen) atoms. The van der Waals surface area contributed by atoms with Crippen LogP contribution in [-0.4, -0.2) is 14.3 Å². The number of sulfonamides is 1. The van der Waals surface area contributed by atoms with Crippen LogP contribution in [0.5, 0.6) is 0 Å². The third-order valence-electron chi connectivity index (χ3n) is 2.82. The summed E-state index contributed by atoms with van der Waals surface area (Å²) < 4.78 is 26.1. The van der Waals surface area contributed by atoms with Crippen molar-refractivity contribution in [2.45, 2.75) is 18.2 Å². The number of carbonyl (C=O) groups excluding carboxylic acids is 1. The predicted molar refractivity (Wildman–Crippen MR) is 77.5 cm³/mol. The lowest BCUT2D eigenvalue weighted by Crippen LogP contribution is -2.29. The number of rotatable bonds is 4. The SMILES string of the molecule is CCC(=O)NS(=O)(=O)c1cccc(-c2ccccc2)c1. The van der Waals surface area contributed by atoms with E-state index in [1.807, 2.05) is 41.1 Å². The summed E-state index contributed by atoms with van der Waals surface area (Å²) in [4.78, 5) is 11.3. The maximum Gasteiger partial charge on any atom is 0.264 e.